The molecule has 1 aromatic rings. The van der Waals surface area contributed by atoms with E-state index in [0.717, 1.165) is 0 Å². The van der Waals surface area contributed by atoms with E-state index in [0.29, 0.717) is 5.41 Å². The van der Waals surface area contributed by atoms with Crippen molar-refractivity contribution in [3.63, 3.8) is 0 Å². The van der Waals surface area contributed by atoms with E-state index in [1.165, 1.54) is 43.9 Å². The molecule has 2 nitrogen and oxygen atoms in total. The highest BCUT2D eigenvalue weighted by molar-refractivity contribution is 5.49. The first-order valence-corrected chi connectivity index (χ1v) is 5.80. The van der Waals surface area contributed by atoms with Gasteiger partial charge in [-0.05, 0) is 25.5 Å². The van der Waals surface area contributed by atoms with Crippen molar-refractivity contribution in [1.29, 1.82) is 0 Å². The minimum Gasteiger partial charge on any atom is -0.371 e. The van der Waals surface area contributed by atoms with Gasteiger partial charge in [0.15, 0.2) is 0 Å². The normalized spacial score (nSPS) is 23.1. The highest BCUT2D eigenvalue weighted by Crippen LogP contribution is 2.36. The zero-order chi connectivity index (χ0) is 10.3. The van der Waals surface area contributed by atoms with Crippen LogP contribution in [0.4, 0.5) is 5.69 Å². The van der Waals surface area contributed by atoms with Crippen LogP contribution in [0.25, 0.3) is 0 Å². The fraction of sp³-hybridized carbons (Fsp3) is 0.538. The molecular weight excluding hydrogens is 184 g/mol. The maximum Gasteiger partial charge on any atom is 0.0366 e. The largest absolute Gasteiger partial charge is 0.371 e. The van der Waals surface area contributed by atoms with Crippen LogP contribution in [0.2, 0.25) is 0 Å². The summed E-state index contributed by atoms with van der Waals surface area (Å²) in [5, 5.41) is 3.40. The van der Waals surface area contributed by atoms with Gasteiger partial charge in [-0.3, -0.25) is 0 Å². The number of rotatable bonds is 1. The minimum atomic E-state index is 0.602. The predicted molar refractivity (Wildman–Crippen MR) is 63.3 cm³/mol. The van der Waals surface area contributed by atoms with Crippen LogP contribution >= 0.6 is 0 Å². The first-order chi connectivity index (χ1) is 7.27. The molecule has 2 saturated heterocycles. The van der Waals surface area contributed by atoms with E-state index < -0.39 is 0 Å². The SMILES string of the molecule is Cc1ccc(N2CCC3(CNC3)C2)cc1. The quantitative estimate of drug-likeness (QED) is 0.747. The molecular formula is C13H18N2. The van der Waals surface area contributed by atoms with Crippen LogP contribution in [0.5, 0.6) is 0 Å². The summed E-state index contributed by atoms with van der Waals surface area (Å²) in [5.41, 5.74) is 3.34. The lowest BCUT2D eigenvalue weighted by molar-refractivity contribution is 0.200. The van der Waals surface area contributed by atoms with Crippen LogP contribution in [0, 0.1) is 12.3 Å². The molecule has 0 saturated carbocycles. The van der Waals surface area contributed by atoms with E-state index in [1.54, 1.807) is 0 Å². The molecule has 1 spiro atoms. The highest BCUT2D eigenvalue weighted by Gasteiger charge is 2.42. The average Bonchev–Trinajstić information content (AvgIpc) is 2.63. The summed E-state index contributed by atoms with van der Waals surface area (Å²) in [4.78, 5) is 2.53. The van der Waals surface area contributed by atoms with Crippen molar-refractivity contribution in [3.05, 3.63) is 29.8 Å². The molecule has 0 atom stereocenters. The van der Waals surface area contributed by atoms with Crippen molar-refractivity contribution in [2.75, 3.05) is 31.1 Å². The van der Waals surface area contributed by atoms with Crippen molar-refractivity contribution >= 4 is 5.69 Å². The monoisotopic (exact) mass is 202 g/mol. The summed E-state index contributed by atoms with van der Waals surface area (Å²) in [7, 11) is 0. The summed E-state index contributed by atoms with van der Waals surface area (Å²) in [6, 6.07) is 8.92. The molecule has 1 N–H and O–H groups in total. The molecule has 0 bridgehead atoms. The van der Waals surface area contributed by atoms with E-state index >= 15 is 0 Å². The Labute approximate surface area is 91.3 Å². The molecule has 2 heteroatoms. The molecule has 80 valence electrons. The second-order valence-corrected chi connectivity index (χ2v) is 5.11. The molecule has 15 heavy (non-hydrogen) atoms. The van der Waals surface area contributed by atoms with Crippen LogP contribution in [0.15, 0.2) is 24.3 Å². The van der Waals surface area contributed by atoms with E-state index in [-0.39, 0.29) is 0 Å². The topological polar surface area (TPSA) is 15.3 Å². The fourth-order valence-corrected chi connectivity index (χ4v) is 2.68. The van der Waals surface area contributed by atoms with Gasteiger partial charge in [0, 0.05) is 37.3 Å². The molecule has 1 aromatic carbocycles. The summed E-state index contributed by atoms with van der Waals surface area (Å²) in [6.07, 6.45) is 1.36. The number of hydrogen-bond acceptors (Lipinski definition) is 2. The fourth-order valence-electron chi connectivity index (χ4n) is 2.68. The number of nitrogens with one attached hydrogen (secondary N) is 1. The number of anilines is 1. The van der Waals surface area contributed by atoms with Gasteiger partial charge < -0.3 is 10.2 Å². The summed E-state index contributed by atoms with van der Waals surface area (Å²) in [6.45, 7) is 7.05. The van der Waals surface area contributed by atoms with Crippen LogP contribution in [-0.2, 0) is 0 Å². The van der Waals surface area contributed by atoms with E-state index in [9.17, 15) is 0 Å². The molecule has 0 unspecified atom stereocenters. The third-order valence-corrected chi connectivity index (χ3v) is 3.84. The third-order valence-electron chi connectivity index (χ3n) is 3.84. The Hall–Kier alpha value is -1.02. The maximum atomic E-state index is 3.40. The Balaban J connectivity index is 1.76. The second-order valence-electron chi connectivity index (χ2n) is 5.11. The van der Waals surface area contributed by atoms with Gasteiger partial charge in [0.1, 0.15) is 0 Å². The molecule has 0 amide bonds. The minimum absolute atomic E-state index is 0.602. The van der Waals surface area contributed by atoms with Crippen molar-refractivity contribution in [2.24, 2.45) is 5.41 Å². The number of nitrogens with zero attached hydrogens (tertiary/aromatic N) is 1. The molecule has 0 aromatic heterocycles. The van der Waals surface area contributed by atoms with Crippen molar-refractivity contribution in [2.45, 2.75) is 13.3 Å². The molecule has 2 aliphatic rings. The second kappa shape index (κ2) is 3.24. The van der Waals surface area contributed by atoms with Gasteiger partial charge in [-0.25, -0.2) is 0 Å². The Kier molecular flexibility index (Phi) is 1.99. The lowest BCUT2D eigenvalue weighted by Gasteiger charge is -2.39. The summed E-state index contributed by atoms with van der Waals surface area (Å²) in [5.74, 6) is 0. The van der Waals surface area contributed by atoms with Crippen LogP contribution < -0.4 is 10.2 Å². The molecule has 3 rings (SSSR count). The third kappa shape index (κ3) is 1.53. The van der Waals surface area contributed by atoms with Gasteiger partial charge in [-0.2, -0.15) is 0 Å². The predicted octanol–water partition coefficient (Wildman–Crippen LogP) is 1.79. The smallest absolute Gasteiger partial charge is 0.0366 e. The maximum absolute atomic E-state index is 3.40. The highest BCUT2D eigenvalue weighted by atomic mass is 15.2. The van der Waals surface area contributed by atoms with Gasteiger partial charge in [0.25, 0.3) is 0 Å². The van der Waals surface area contributed by atoms with Gasteiger partial charge in [-0.1, -0.05) is 17.7 Å². The molecule has 0 aliphatic carbocycles. The van der Waals surface area contributed by atoms with Crippen molar-refractivity contribution in [3.8, 4) is 0 Å². The van der Waals surface area contributed by atoms with Crippen molar-refractivity contribution in [1.82, 2.24) is 5.32 Å². The zero-order valence-electron chi connectivity index (χ0n) is 9.29. The van der Waals surface area contributed by atoms with E-state index in [4.69, 9.17) is 0 Å². The van der Waals surface area contributed by atoms with Gasteiger partial charge >= 0.3 is 0 Å². The lowest BCUT2D eigenvalue weighted by Crippen LogP contribution is -2.54. The Bertz CT molecular complexity index is 351. The molecule has 0 radical (unpaired) electrons. The van der Waals surface area contributed by atoms with Crippen LogP contribution in [0.1, 0.15) is 12.0 Å². The Morgan fingerprint density at radius 2 is 1.93 bits per heavy atom. The molecule has 2 fully saturated rings. The Morgan fingerprint density at radius 1 is 1.20 bits per heavy atom. The first-order valence-electron chi connectivity index (χ1n) is 5.80. The zero-order valence-corrected chi connectivity index (χ0v) is 9.29. The van der Waals surface area contributed by atoms with E-state index in [2.05, 4.69) is 41.4 Å². The summed E-state index contributed by atoms with van der Waals surface area (Å²) >= 11 is 0. The number of aryl methyl sites for hydroxylation is 1. The van der Waals surface area contributed by atoms with Crippen molar-refractivity contribution < 1.29 is 0 Å². The lowest BCUT2D eigenvalue weighted by atomic mass is 9.81. The number of hydrogen-bond donors (Lipinski definition) is 1. The van der Waals surface area contributed by atoms with Crippen LogP contribution in [0.3, 0.4) is 0 Å². The van der Waals surface area contributed by atoms with E-state index in [1.807, 2.05) is 0 Å². The van der Waals surface area contributed by atoms with Gasteiger partial charge in [0.2, 0.25) is 0 Å². The van der Waals surface area contributed by atoms with Gasteiger partial charge in [-0.15, -0.1) is 0 Å². The molecule has 2 heterocycles. The van der Waals surface area contributed by atoms with Crippen LogP contribution in [-0.4, -0.2) is 26.2 Å². The standard InChI is InChI=1S/C13H18N2/c1-11-2-4-12(5-3-11)15-7-6-13(10-15)8-14-9-13/h2-5,14H,6-10H2,1H3. The molecule has 2 aliphatic heterocycles. The summed E-state index contributed by atoms with van der Waals surface area (Å²) < 4.78 is 0. The Morgan fingerprint density at radius 3 is 2.47 bits per heavy atom. The number of benzene rings is 1. The van der Waals surface area contributed by atoms with Gasteiger partial charge in [0.05, 0.1) is 0 Å². The average molecular weight is 202 g/mol. The first kappa shape index (κ1) is 9.22.